The molecule has 152 valence electrons. The average Bonchev–Trinajstić information content (AvgIpc) is 2.62. The van der Waals surface area contributed by atoms with Gasteiger partial charge in [0.15, 0.2) is 0 Å². The summed E-state index contributed by atoms with van der Waals surface area (Å²) in [7, 11) is 0. The second-order valence-electron chi connectivity index (χ2n) is 7.51. The normalized spacial score (nSPS) is 13.9. The third-order valence-electron chi connectivity index (χ3n) is 4.99. The molecule has 0 aromatic heterocycles. The summed E-state index contributed by atoms with van der Waals surface area (Å²) in [4.78, 5) is 11.9. The predicted molar refractivity (Wildman–Crippen MR) is 112 cm³/mol. The van der Waals surface area contributed by atoms with Crippen molar-refractivity contribution >= 4 is 18.1 Å². The molecule has 4 nitrogen and oxygen atoms in total. The molecule has 0 atom stereocenters. The number of ether oxygens (including phenoxy) is 1. The molecule has 29 heavy (non-hydrogen) atoms. The Morgan fingerprint density at radius 3 is 2.45 bits per heavy atom. The maximum atomic E-state index is 13.1. The van der Waals surface area contributed by atoms with Gasteiger partial charge in [-0.25, -0.2) is 9.18 Å². The molecule has 0 saturated heterocycles. The van der Waals surface area contributed by atoms with Crippen molar-refractivity contribution in [1.29, 1.82) is 0 Å². The molecule has 2 aromatic carbocycles. The second-order valence-corrected chi connectivity index (χ2v) is 7.51. The van der Waals surface area contributed by atoms with Gasteiger partial charge >= 0.3 is 5.97 Å². The Morgan fingerprint density at radius 1 is 1.21 bits per heavy atom. The van der Waals surface area contributed by atoms with Crippen LogP contribution in [0.4, 0.5) is 4.39 Å². The summed E-state index contributed by atoms with van der Waals surface area (Å²) >= 11 is 0. The van der Waals surface area contributed by atoms with Gasteiger partial charge in [-0.3, -0.25) is 0 Å². The quantitative estimate of drug-likeness (QED) is 0.456. The molecule has 3 rings (SSSR count). The highest BCUT2D eigenvalue weighted by atomic mass is 19.1. The fourth-order valence-electron chi connectivity index (χ4n) is 3.10. The topological polar surface area (TPSA) is 66.8 Å². The van der Waals surface area contributed by atoms with Crippen LogP contribution in [0.15, 0.2) is 42.0 Å². The van der Waals surface area contributed by atoms with E-state index in [4.69, 9.17) is 4.74 Å². The van der Waals surface area contributed by atoms with Gasteiger partial charge in [-0.1, -0.05) is 35.9 Å². The maximum Gasteiger partial charge on any atom is 0.340 e. The van der Waals surface area contributed by atoms with Crippen LogP contribution in [0.5, 0.6) is 11.5 Å². The van der Waals surface area contributed by atoms with Crippen molar-refractivity contribution in [2.75, 3.05) is 0 Å². The molecule has 0 aliphatic heterocycles. The van der Waals surface area contributed by atoms with Gasteiger partial charge in [-0.15, -0.1) is 0 Å². The lowest BCUT2D eigenvalue weighted by atomic mass is 9.94. The number of carboxylic acids is 1. The summed E-state index contributed by atoms with van der Waals surface area (Å²) in [5.41, 5.74) is 2.44. The zero-order valence-corrected chi connectivity index (χ0v) is 16.6. The van der Waals surface area contributed by atoms with Gasteiger partial charge in [0, 0.05) is 5.56 Å². The van der Waals surface area contributed by atoms with Crippen molar-refractivity contribution in [2.24, 2.45) is 0 Å². The summed E-state index contributed by atoms with van der Waals surface area (Å²) in [6.45, 7) is 3.89. The fourth-order valence-corrected chi connectivity index (χ4v) is 3.10. The number of aromatic hydroxyl groups is 1. The van der Waals surface area contributed by atoms with E-state index < -0.39 is 5.97 Å². The zero-order valence-electron chi connectivity index (χ0n) is 16.6. The molecule has 0 unspecified atom stereocenters. The third-order valence-corrected chi connectivity index (χ3v) is 4.99. The molecule has 0 radical (unpaired) electrons. The Labute approximate surface area is 170 Å². The van der Waals surface area contributed by atoms with E-state index in [2.05, 4.69) is 0 Å². The first-order chi connectivity index (χ1) is 13.8. The minimum absolute atomic E-state index is 0.0875. The van der Waals surface area contributed by atoms with E-state index in [1.54, 1.807) is 30.4 Å². The van der Waals surface area contributed by atoms with Crippen LogP contribution in [-0.4, -0.2) is 22.3 Å². The highest BCUT2D eigenvalue weighted by Crippen LogP contribution is 2.38. The lowest BCUT2D eigenvalue weighted by molar-refractivity contribution is 0.0693. The standard InChI is InChI=1S/C24H25FO4/c1-15(2)6-13-20-21(29-19-4-3-5-19)14-17(22(23(20)26)24(27)28)10-7-16-8-11-18(25)12-9-16/h6-12,14,19,26H,3-5,13H2,1-2H3,(H,27,28). The molecule has 2 aromatic rings. The average molecular weight is 396 g/mol. The molecule has 1 aliphatic carbocycles. The SMILES string of the molecule is CC(C)=CCc1c(OC2CCC2)cc(C=Cc2ccc(F)cc2)c(C(=O)O)c1O. The van der Waals surface area contributed by atoms with E-state index in [0.29, 0.717) is 23.3 Å². The number of carbonyl (C=O) groups is 1. The molecule has 5 heteroatoms. The number of carboxylic acid groups (broad SMARTS) is 1. The Balaban J connectivity index is 2.06. The highest BCUT2D eigenvalue weighted by Gasteiger charge is 2.25. The lowest BCUT2D eigenvalue weighted by Crippen LogP contribution is -2.25. The third kappa shape index (κ3) is 5.05. The lowest BCUT2D eigenvalue weighted by Gasteiger charge is -2.28. The summed E-state index contributed by atoms with van der Waals surface area (Å²) in [6, 6.07) is 7.55. The summed E-state index contributed by atoms with van der Waals surface area (Å²) in [5.74, 6) is -1.32. The first kappa shape index (κ1) is 20.6. The molecule has 1 saturated carbocycles. The van der Waals surface area contributed by atoms with Gasteiger partial charge in [0.1, 0.15) is 22.9 Å². The Hall–Kier alpha value is -3.08. The summed E-state index contributed by atoms with van der Waals surface area (Å²) in [6.07, 6.45) is 8.70. The van der Waals surface area contributed by atoms with Crippen molar-refractivity contribution in [2.45, 2.75) is 45.6 Å². The minimum Gasteiger partial charge on any atom is -0.507 e. The van der Waals surface area contributed by atoms with Crippen molar-refractivity contribution in [3.05, 3.63) is 70.1 Å². The van der Waals surface area contributed by atoms with Crippen LogP contribution < -0.4 is 4.74 Å². The molecule has 1 aliphatic rings. The van der Waals surface area contributed by atoms with Gasteiger partial charge < -0.3 is 14.9 Å². The number of phenols is 1. The second kappa shape index (κ2) is 8.95. The van der Waals surface area contributed by atoms with Crippen LogP contribution in [0.2, 0.25) is 0 Å². The van der Waals surface area contributed by atoms with Crippen molar-refractivity contribution in [1.82, 2.24) is 0 Å². The van der Waals surface area contributed by atoms with E-state index in [9.17, 15) is 19.4 Å². The highest BCUT2D eigenvalue weighted by molar-refractivity contribution is 5.97. The van der Waals surface area contributed by atoms with Crippen LogP contribution in [0.25, 0.3) is 12.2 Å². The molecule has 0 amide bonds. The zero-order chi connectivity index (χ0) is 21.0. The van der Waals surface area contributed by atoms with E-state index in [-0.39, 0.29) is 23.2 Å². The van der Waals surface area contributed by atoms with Crippen LogP contribution in [-0.2, 0) is 6.42 Å². The van der Waals surface area contributed by atoms with Gasteiger partial charge in [-0.05, 0) is 68.9 Å². The number of benzene rings is 2. The fraction of sp³-hybridized carbons (Fsp3) is 0.292. The van der Waals surface area contributed by atoms with E-state index in [0.717, 1.165) is 30.4 Å². The van der Waals surface area contributed by atoms with Gasteiger partial charge in [0.05, 0.1) is 6.10 Å². The van der Waals surface area contributed by atoms with Crippen LogP contribution in [0, 0.1) is 5.82 Å². The molecule has 0 heterocycles. The molecular weight excluding hydrogens is 371 g/mol. The molecule has 2 N–H and O–H groups in total. The molecule has 0 bridgehead atoms. The van der Waals surface area contributed by atoms with Gasteiger partial charge in [0.2, 0.25) is 0 Å². The van der Waals surface area contributed by atoms with Crippen molar-refractivity contribution < 1.29 is 24.1 Å². The maximum absolute atomic E-state index is 13.1. The smallest absolute Gasteiger partial charge is 0.340 e. The monoisotopic (exact) mass is 396 g/mol. The minimum atomic E-state index is -1.21. The molecular formula is C24H25FO4. The summed E-state index contributed by atoms with van der Waals surface area (Å²) in [5, 5.41) is 20.5. The molecule has 0 spiro atoms. The summed E-state index contributed by atoms with van der Waals surface area (Å²) < 4.78 is 19.2. The van der Waals surface area contributed by atoms with E-state index in [1.165, 1.54) is 12.1 Å². The van der Waals surface area contributed by atoms with Gasteiger partial charge in [0.25, 0.3) is 0 Å². The Kier molecular flexibility index (Phi) is 6.37. The van der Waals surface area contributed by atoms with E-state index >= 15 is 0 Å². The van der Waals surface area contributed by atoms with Crippen LogP contribution in [0.1, 0.15) is 60.2 Å². The number of rotatable bonds is 7. The number of hydrogen-bond donors (Lipinski definition) is 2. The number of hydrogen-bond acceptors (Lipinski definition) is 3. The Bertz CT molecular complexity index is 950. The first-order valence-electron chi connectivity index (χ1n) is 9.71. The van der Waals surface area contributed by atoms with Gasteiger partial charge in [-0.2, -0.15) is 0 Å². The largest absolute Gasteiger partial charge is 0.507 e. The Morgan fingerprint density at radius 2 is 1.90 bits per heavy atom. The van der Waals surface area contributed by atoms with Crippen molar-refractivity contribution in [3.8, 4) is 11.5 Å². The van der Waals surface area contributed by atoms with Crippen LogP contribution >= 0.6 is 0 Å². The van der Waals surface area contributed by atoms with E-state index in [1.807, 2.05) is 19.9 Å². The number of allylic oxidation sites excluding steroid dienone is 2. The van der Waals surface area contributed by atoms with Crippen molar-refractivity contribution in [3.63, 3.8) is 0 Å². The first-order valence-corrected chi connectivity index (χ1v) is 9.71. The van der Waals surface area contributed by atoms with Crippen LogP contribution in [0.3, 0.4) is 0 Å². The predicted octanol–water partition coefficient (Wildman–Crippen LogP) is 5.84. The number of aromatic carboxylic acids is 1. The number of halogens is 1. The molecule has 1 fully saturated rings.